The highest BCUT2D eigenvalue weighted by Crippen LogP contribution is 2.37. The van der Waals surface area contributed by atoms with E-state index in [4.69, 9.17) is 9.84 Å². The Hall–Kier alpha value is -3.45. The van der Waals surface area contributed by atoms with Crippen molar-refractivity contribution < 1.29 is 24.2 Å². The van der Waals surface area contributed by atoms with Crippen molar-refractivity contribution in [1.82, 2.24) is 9.88 Å². The number of aromatic nitrogens is 1. The van der Waals surface area contributed by atoms with Crippen molar-refractivity contribution in [2.75, 3.05) is 18.5 Å². The molecule has 0 radical (unpaired) electrons. The number of hydrogen-bond acceptors (Lipinski definition) is 7. The third-order valence-corrected chi connectivity index (χ3v) is 5.88. The number of amides is 2. The molecule has 0 fully saturated rings. The molecule has 0 aromatic carbocycles. The van der Waals surface area contributed by atoms with Crippen LogP contribution in [0.25, 0.3) is 0 Å². The van der Waals surface area contributed by atoms with Gasteiger partial charge in [0.2, 0.25) is 5.91 Å². The Morgan fingerprint density at radius 3 is 2.93 bits per heavy atom. The molecule has 0 saturated carbocycles. The zero-order valence-corrected chi connectivity index (χ0v) is 17.1. The molecule has 156 valence electrons. The molecule has 3 heterocycles. The first-order valence-corrected chi connectivity index (χ1v) is 10.1. The molecule has 2 N–H and O–H groups in total. The first-order chi connectivity index (χ1) is 14.4. The monoisotopic (exact) mass is 428 g/mol. The van der Waals surface area contributed by atoms with E-state index in [1.807, 2.05) is 19.1 Å². The van der Waals surface area contributed by atoms with Gasteiger partial charge in [0.1, 0.15) is 11.1 Å². The van der Waals surface area contributed by atoms with Gasteiger partial charge in [0.15, 0.2) is 6.61 Å². The number of nitrogens with zero attached hydrogens (tertiary/aromatic N) is 3. The van der Waals surface area contributed by atoms with E-state index in [1.54, 1.807) is 12.4 Å². The second kappa shape index (κ2) is 9.37. The number of hydrogen-bond donors (Lipinski definition) is 2. The summed E-state index contributed by atoms with van der Waals surface area (Å²) in [4.78, 5) is 41.3. The lowest BCUT2D eigenvalue weighted by Crippen LogP contribution is -2.36. The molecule has 0 bridgehead atoms. The molecule has 0 spiro atoms. The number of anilines is 1. The number of rotatable bonds is 6. The summed E-state index contributed by atoms with van der Waals surface area (Å²) in [5.74, 6) is -1.47. The SMILES string of the molecule is C[C@@H](CC(=O)Nc1sc2c(c1C#N)CCN(C(=O)OCC(=O)O)C2)c1cccnc1. The van der Waals surface area contributed by atoms with Crippen LogP contribution in [0.1, 0.15) is 40.8 Å². The molecule has 0 unspecified atom stereocenters. The van der Waals surface area contributed by atoms with Gasteiger partial charge in [-0.15, -0.1) is 11.3 Å². The van der Waals surface area contributed by atoms with E-state index in [-0.39, 0.29) is 24.8 Å². The normalized spacial score (nSPS) is 13.7. The van der Waals surface area contributed by atoms with Gasteiger partial charge in [-0.2, -0.15) is 5.26 Å². The quantitative estimate of drug-likeness (QED) is 0.723. The molecule has 9 nitrogen and oxygen atoms in total. The van der Waals surface area contributed by atoms with Crippen LogP contribution >= 0.6 is 11.3 Å². The van der Waals surface area contributed by atoms with Gasteiger partial charge in [-0.05, 0) is 29.5 Å². The fourth-order valence-electron chi connectivity index (χ4n) is 3.22. The van der Waals surface area contributed by atoms with Crippen LogP contribution < -0.4 is 5.32 Å². The second-order valence-corrected chi connectivity index (χ2v) is 7.98. The fraction of sp³-hybridized carbons (Fsp3) is 0.350. The van der Waals surface area contributed by atoms with E-state index in [2.05, 4.69) is 16.4 Å². The Kier molecular flexibility index (Phi) is 6.64. The third kappa shape index (κ3) is 4.93. The topological polar surface area (TPSA) is 133 Å². The van der Waals surface area contributed by atoms with Crippen molar-refractivity contribution in [3.63, 3.8) is 0 Å². The summed E-state index contributed by atoms with van der Waals surface area (Å²) < 4.78 is 4.72. The molecule has 2 aromatic heterocycles. The van der Waals surface area contributed by atoms with Crippen LogP contribution in [0.5, 0.6) is 0 Å². The molecule has 1 aliphatic heterocycles. The summed E-state index contributed by atoms with van der Waals surface area (Å²) in [7, 11) is 0. The predicted octanol–water partition coefficient (Wildman–Crippen LogP) is 2.73. The number of nitriles is 1. The minimum absolute atomic E-state index is 0.0293. The number of nitrogens with one attached hydrogen (secondary N) is 1. The van der Waals surface area contributed by atoms with Crippen LogP contribution in [0.4, 0.5) is 9.80 Å². The number of pyridine rings is 1. The van der Waals surface area contributed by atoms with Crippen LogP contribution in [0.2, 0.25) is 0 Å². The van der Waals surface area contributed by atoms with Crippen LogP contribution in [0.3, 0.4) is 0 Å². The van der Waals surface area contributed by atoms with Gasteiger partial charge in [-0.3, -0.25) is 9.78 Å². The number of aliphatic carboxylic acids is 1. The van der Waals surface area contributed by atoms with Gasteiger partial charge in [-0.25, -0.2) is 9.59 Å². The zero-order chi connectivity index (χ0) is 21.7. The van der Waals surface area contributed by atoms with E-state index in [1.165, 1.54) is 16.2 Å². The van der Waals surface area contributed by atoms with Gasteiger partial charge >= 0.3 is 12.1 Å². The van der Waals surface area contributed by atoms with Crippen molar-refractivity contribution in [2.24, 2.45) is 0 Å². The molecule has 3 rings (SSSR count). The standard InChI is InChI=1S/C20H20N4O5S/c1-12(13-3-2-5-22-9-13)7-17(25)23-19-15(8-21)14-4-6-24(10-16(14)30-19)20(28)29-11-18(26)27/h2-3,5,9,12H,4,6-7,10-11H2,1H3,(H,23,25)(H,26,27)/t12-/m0/s1. The van der Waals surface area contributed by atoms with Crippen molar-refractivity contribution in [3.8, 4) is 6.07 Å². The third-order valence-electron chi connectivity index (χ3n) is 4.74. The Balaban J connectivity index is 1.68. The highest BCUT2D eigenvalue weighted by atomic mass is 32.1. The molecule has 0 saturated heterocycles. The minimum atomic E-state index is -1.23. The van der Waals surface area contributed by atoms with E-state index in [0.29, 0.717) is 23.5 Å². The van der Waals surface area contributed by atoms with Crippen molar-refractivity contribution in [2.45, 2.75) is 32.2 Å². The molecular weight excluding hydrogens is 408 g/mol. The van der Waals surface area contributed by atoms with E-state index < -0.39 is 18.7 Å². The lowest BCUT2D eigenvalue weighted by atomic mass is 9.99. The highest BCUT2D eigenvalue weighted by molar-refractivity contribution is 7.16. The van der Waals surface area contributed by atoms with Crippen molar-refractivity contribution in [3.05, 3.63) is 46.1 Å². The summed E-state index contributed by atoms with van der Waals surface area (Å²) in [5.41, 5.74) is 2.17. The molecule has 2 amide bonds. The maximum absolute atomic E-state index is 12.5. The van der Waals surface area contributed by atoms with Gasteiger partial charge < -0.3 is 20.1 Å². The molecule has 10 heteroatoms. The number of carboxylic acids is 1. The summed E-state index contributed by atoms with van der Waals surface area (Å²) >= 11 is 1.25. The van der Waals surface area contributed by atoms with Gasteiger partial charge in [0, 0.05) is 30.2 Å². The first-order valence-electron chi connectivity index (χ1n) is 9.27. The Labute approximate surface area is 176 Å². The number of thiophene rings is 1. The van der Waals surface area contributed by atoms with Crippen molar-refractivity contribution in [1.29, 1.82) is 5.26 Å². The summed E-state index contributed by atoms with van der Waals surface area (Å²) in [5, 5.41) is 21.5. The Bertz CT molecular complexity index is 999. The lowest BCUT2D eigenvalue weighted by Gasteiger charge is -2.25. The smallest absolute Gasteiger partial charge is 0.410 e. The van der Waals surface area contributed by atoms with Crippen LogP contribution in [0, 0.1) is 11.3 Å². The highest BCUT2D eigenvalue weighted by Gasteiger charge is 2.28. The van der Waals surface area contributed by atoms with E-state index >= 15 is 0 Å². The van der Waals surface area contributed by atoms with Gasteiger partial charge in [0.05, 0.1) is 12.1 Å². The van der Waals surface area contributed by atoms with Crippen molar-refractivity contribution >= 4 is 34.3 Å². The Morgan fingerprint density at radius 2 is 2.27 bits per heavy atom. The largest absolute Gasteiger partial charge is 0.479 e. The predicted molar refractivity (Wildman–Crippen MR) is 108 cm³/mol. The van der Waals surface area contributed by atoms with E-state index in [0.717, 1.165) is 16.0 Å². The van der Waals surface area contributed by atoms with Gasteiger partial charge in [0.25, 0.3) is 0 Å². The molecule has 2 aromatic rings. The Morgan fingerprint density at radius 1 is 1.47 bits per heavy atom. The fourth-order valence-corrected chi connectivity index (χ4v) is 4.45. The molecule has 0 aliphatic carbocycles. The number of carbonyl (C=O) groups excluding carboxylic acids is 2. The molecule has 1 atom stereocenters. The molecule has 1 aliphatic rings. The zero-order valence-electron chi connectivity index (χ0n) is 16.3. The van der Waals surface area contributed by atoms with Gasteiger partial charge in [-0.1, -0.05) is 13.0 Å². The van der Waals surface area contributed by atoms with Crippen LogP contribution in [-0.4, -0.2) is 46.1 Å². The van der Waals surface area contributed by atoms with Crippen LogP contribution in [0.15, 0.2) is 24.5 Å². The maximum Gasteiger partial charge on any atom is 0.410 e. The number of carbonyl (C=O) groups is 3. The molecule has 30 heavy (non-hydrogen) atoms. The average Bonchev–Trinajstić information content (AvgIpc) is 3.08. The second-order valence-electron chi connectivity index (χ2n) is 6.88. The summed E-state index contributed by atoms with van der Waals surface area (Å²) in [6.07, 6.45) is 3.35. The number of carboxylic acid groups (broad SMARTS) is 1. The number of ether oxygens (including phenoxy) is 1. The minimum Gasteiger partial charge on any atom is -0.479 e. The summed E-state index contributed by atoms with van der Waals surface area (Å²) in [6, 6.07) is 5.88. The van der Waals surface area contributed by atoms with Crippen LogP contribution in [-0.2, 0) is 27.3 Å². The maximum atomic E-state index is 12.5. The number of fused-ring (bicyclic) bond motifs is 1. The molecular formula is C20H20N4O5S. The first kappa shape index (κ1) is 21.3. The lowest BCUT2D eigenvalue weighted by molar-refractivity contribution is -0.140. The average molecular weight is 428 g/mol. The summed E-state index contributed by atoms with van der Waals surface area (Å²) in [6.45, 7) is 1.74. The van der Waals surface area contributed by atoms with E-state index in [9.17, 15) is 19.6 Å².